The Labute approximate surface area is 118 Å². The van der Waals surface area contributed by atoms with Crippen LogP contribution in [-0.4, -0.2) is 22.6 Å². The van der Waals surface area contributed by atoms with Gasteiger partial charge in [-0.3, -0.25) is 9.89 Å². The van der Waals surface area contributed by atoms with Gasteiger partial charge in [0.25, 0.3) is 0 Å². The molecule has 20 heavy (non-hydrogen) atoms. The normalized spacial score (nSPS) is 10.3. The second-order valence-electron chi connectivity index (χ2n) is 4.70. The van der Waals surface area contributed by atoms with Crippen LogP contribution >= 0.6 is 0 Å². The summed E-state index contributed by atoms with van der Waals surface area (Å²) in [6.45, 7) is 5.32. The van der Waals surface area contributed by atoms with Gasteiger partial charge in [-0.1, -0.05) is 12.1 Å². The zero-order chi connectivity index (χ0) is 14.4. The van der Waals surface area contributed by atoms with Crippen molar-refractivity contribution < 1.29 is 4.79 Å². The summed E-state index contributed by atoms with van der Waals surface area (Å²) in [5.41, 5.74) is 4.27. The summed E-state index contributed by atoms with van der Waals surface area (Å²) in [5, 5.41) is 13.0. The van der Waals surface area contributed by atoms with Crippen molar-refractivity contribution in [1.29, 1.82) is 0 Å². The molecule has 0 radical (unpaired) electrons. The van der Waals surface area contributed by atoms with Gasteiger partial charge >= 0.3 is 0 Å². The molecule has 0 spiro atoms. The second-order valence-corrected chi connectivity index (χ2v) is 4.70. The first-order chi connectivity index (χ1) is 9.69. The van der Waals surface area contributed by atoms with Crippen LogP contribution < -0.4 is 10.6 Å². The summed E-state index contributed by atoms with van der Waals surface area (Å²) in [4.78, 5) is 11.5. The van der Waals surface area contributed by atoms with E-state index in [1.165, 1.54) is 0 Å². The van der Waals surface area contributed by atoms with Crippen LogP contribution in [0.3, 0.4) is 0 Å². The number of rotatable bonds is 6. The molecule has 0 atom stereocenters. The second kappa shape index (κ2) is 6.75. The fourth-order valence-corrected chi connectivity index (χ4v) is 1.94. The number of benzene rings is 1. The molecule has 0 fully saturated rings. The number of aromatic nitrogens is 2. The molecule has 0 saturated heterocycles. The molecular weight excluding hydrogens is 252 g/mol. The molecule has 0 aliphatic heterocycles. The van der Waals surface area contributed by atoms with Gasteiger partial charge in [-0.05, 0) is 31.5 Å². The molecule has 0 aliphatic carbocycles. The molecule has 5 heteroatoms. The summed E-state index contributed by atoms with van der Waals surface area (Å²) in [6, 6.07) is 7.92. The number of nitrogens with one attached hydrogen (secondary N) is 3. The number of hydrogen-bond donors (Lipinski definition) is 3. The lowest BCUT2D eigenvalue weighted by atomic mass is 10.1. The quantitative estimate of drug-likeness (QED) is 0.753. The van der Waals surface area contributed by atoms with Crippen LogP contribution in [0.1, 0.15) is 23.7 Å². The van der Waals surface area contributed by atoms with Crippen molar-refractivity contribution in [2.45, 2.75) is 26.8 Å². The van der Waals surface area contributed by atoms with E-state index >= 15 is 0 Å². The summed E-state index contributed by atoms with van der Waals surface area (Å²) in [7, 11) is 0. The van der Waals surface area contributed by atoms with Gasteiger partial charge in [0.05, 0.1) is 12.6 Å². The number of hydrogen-bond acceptors (Lipinski definition) is 3. The van der Waals surface area contributed by atoms with Crippen LogP contribution in [0.15, 0.2) is 30.5 Å². The first-order valence-electron chi connectivity index (χ1n) is 6.77. The lowest BCUT2D eigenvalue weighted by Crippen LogP contribution is -2.24. The smallest absolute Gasteiger partial charge is 0.224 e. The molecule has 1 aromatic carbocycles. The number of amides is 1. The van der Waals surface area contributed by atoms with Crippen molar-refractivity contribution in [3.05, 3.63) is 47.3 Å². The van der Waals surface area contributed by atoms with Crippen LogP contribution in [-0.2, 0) is 17.8 Å². The number of carbonyl (C=O) groups is 1. The first-order valence-corrected chi connectivity index (χ1v) is 6.77. The summed E-state index contributed by atoms with van der Waals surface area (Å²) >= 11 is 0. The van der Waals surface area contributed by atoms with E-state index in [9.17, 15) is 4.79 Å². The predicted molar refractivity (Wildman–Crippen MR) is 79.5 cm³/mol. The van der Waals surface area contributed by atoms with Gasteiger partial charge in [-0.15, -0.1) is 0 Å². The highest BCUT2D eigenvalue weighted by Gasteiger charge is 2.03. The van der Waals surface area contributed by atoms with E-state index in [0.717, 1.165) is 29.1 Å². The Balaban J connectivity index is 1.88. The molecule has 2 rings (SSSR count). The monoisotopic (exact) mass is 272 g/mol. The first kappa shape index (κ1) is 14.1. The number of anilines is 1. The highest BCUT2D eigenvalue weighted by Crippen LogP contribution is 2.12. The molecule has 3 N–H and O–H groups in total. The number of carbonyl (C=O) groups excluding carboxylic acids is 1. The van der Waals surface area contributed by atoms with Gasteiger partial charge in [-0.25, -0.2) is 0 Å². The molecule has 5 nitrogen and oxygen atoms in total. The van der Waals surface area contributed by atoms with Gasteiger partial charge in [0.2, 0.25) is 5.91 Å². The average Bonchev–Trinajstić information content (AvgIpc) is 2.84. The molecule has 0 aliphatic rings. The van der Waals surface area contributed by atoms with Crippen LogP contribution in [0.25, 0.3) is 0 Å². The zero-order valence-electron chi connectivity index (χ0n) is 11.9. The van der Waals surface area contributed by atoms with Gasteiger partial charge in [-0.2, -0.15) is 5.10 Å². The van der Waals surface area contributed by atoms with Crippen molar-refractivity contribution in [2.24, 2.45) is 0 Å². The predicted octanol–water partition coefficient (Wildman–Crippen LogP) is 2.01. The number of aromatic amines is 1. The Hall–Kier alpha value is -2.30. The van der Waals surface area contributed by atoms with E-state index in [1.807, 2.05) is 44.3 Å². The fraction of sp³-hybridized carbons (Fsp3) is 0.333. The van der Waals surface area contributed by atoms with Crippen LogP contribution in [0.5, 0.6) is 0 Å². The summed E-state index contributed by atoms with van der Waals surface area (Å²) in [6.07, 6.45) is 2.25. The number of H-pyrrole nitrogens is 1. The van der Waals surface area contributed by atoms with Crippen molar-refractivity contribution in [2.75, 3.05) is 11.9 Å². The Morgan fingerprint density at radius 1 is 1.30 bits per heavy atom. The van der Waals surface area contributed by atoms with Gasteiger partial charge < -0.3 is 10.6 Å². The van der Waals surface area contributed by atoms with Crippen molar-refractivity contribution in [3.8, 4) is 0 Å². The largest absolute Gasteiger partial charge is 0.381 e. The molecule has 1 amide bonds. The SMILES string of the molecule is CCNC(=O)Cc1ccc(NCc2cn[nH]c2C)cc1. The highest BCUT2D eigenvalue weighted by atomic mass is 16.1. The average molecular weight is 272 g/mol. The third-order valence-electron chi connectivity index (χ3n) is 3.11. The third-order valence-corrected chi connectivity index (χ3v) is 3.11. The summed E-state index contributed by atoms with van der Waals surface area (Å²) in [5.74, 6) is 0.0576. The van der Waals surface area contributed by atoms with Gasteiger partial charge in [0, 0.05) is 30.0 Å². The fourth-order valence-electron chi connectivity index (χ4n) is 1.94. The molecule has 0 saturated carbocycles. The van der Waals surface area contributed by atoms with Gasteiger partial charge in [0.15, 0.2) is 0 Å². The van der Waals surface area contributed by atoms with Crippen molar-refractivity contribution in [3.63, 3.8) is 0 Å². The highest BCUT2D eigenvalue weighted by molar-refractivity contribution is 5.78. The summed E-state index contributed by atoms with van der Waals surface area (Å²) < 4.78 is 0. The Kier molecular flexibility index (Phi) is 4.76. The maximum atomic E-state index is 11.5. The lowest BCUT2D eigenvalue weighted by molar-refractivity contribution is -0.120. The number of aryl methyl sites for hydroxylation is 1. The van der Waals surface area contributed by atoms with E-state index in [1.54, 1.807) is 0 Å². The molecule has 2 aromatic rings. The van der Waals surface area contributed by atoms with Crippen LogP contribution in [0.4, 0.5) is 5.69 Å². The van der Waals surface area contributed by atoms with Crippen molar-refractivity contribution >= 4 is 11.6 Å². The molecule has 106 valence electrons. The van der Waals surface area contributed by atoms with Crippen LogP contribution in [0.2, 0.25) is 0 Å². The minimum atomic E-state index is 0.0576. The standard InChI is InChI=1S/C15H20N4O/c1-3-16-15(20)8-12-4-6-14(7-5-12)17-9-13-10-18-19-11(13)2/h4-7,10,17H,3,8-9H2,1-2H3,(H,16,20)(H,18,19). The molecule has 1 aromatic heterocycles. The maximum absolute atomic E-state index is 11.5. The molecule has 0 bridgehead atoms. The lowest BCUT2D eigenvalue weighted by Gasteiger charge is -2.07. The van der Waals surface area contributed by atoms with E-state index < -0.39 is 0 Å². The minimum Gasteiger partial charge on any atom is -0.381 e. The van der Waals surface area contributed by atoms with Crippen LogP contribution in [0, 0.1) is 6.92 Å². The molecule has 1 heterocycles. The maximum Gasteiger partial charge on any atom is 0.224 e. The number of likely N-dealkylation sites (N-methyl/N-ethyl adjacent to an activating group) is 1. The minimum absolute atomic E-state index is 0.0576. The van der Waals surface area contributed by atoms with E-state index in [2.05, 4.69) is 20.8 Å². The van der Waals surface area contributed by atoms with E-state index in [0.29, 0.717) is 13.0 Å². The topological polar surface area (TPSA) is 69.8 Å². The zero-order valence-corrected chi connectivity index (χ0v) is 11.9. The Morgan fingerprint density at radius 2 is 2.05 bits per heavy atom. The Morgan fingerprint density at radius 3 is 2.65 bits per heavy atom. The molecule has 0 unspecified atom stereocenters. The van der Waals surface area contributed by atoms with E-state index in [-0.39, 0.29) is 5.91 Å². The van der Waals surface area contributed by atoms with Gasteiger partial charge in [0.1, 0.15) is 0 Å². The number of nitrogens with zero attached hydrogens (tertiary/aromatic N) is 1. The third kappa shape index (κ3) is 3.85. The van der Waals surface area contributed by atoms with Crippen molar-refractivity contribution in [1.82, 2.24) is 15.5 Å². The van der Waals surface area contributed by atoms with E-state index in [4.69, 9.17) is 0 Å². The molecular formula is C15H20N4O. The Bertz CT molecular complexity index is 560.